The van der Waals surface area contributed by atoms with E-state index in [0.717, 1.165) is 46.3 Å². The largest absolute Gasteiger partial charge is 0.465 e. The molecule has 2 saturated heterocycles. The second kappa shape index (κ2) is 11.8. The van der Waals surface area contributed by atoms with Crippen LogP contribution < -0.4 is 16.0 Å². The number of anilines is 2. The summed E-state index contributed by atoms with van der Waals surface area (Å²) >= 11 is 0. The molecule has 0 saturated carbocycles. The molecular formula is C30H38FN5O4. The predicted molar refractivity (Wildman–Crippen MR) is 153 cm³/mol. The van der Waals surface area contributed by atoms with Crippen molar-refractivity contribution < 1.29 is 23.8 Å². The van der Waals surface area contributed by atoms with Crippen molar-refractivity contribution in [3.8, 4) is 0 Å². The number of carbonyl (C=O) groups is 2. The van der Waals surface area contributed by atoms with Gasteiger partial charge in [-0.3, -0.25) is 4.79 Å². The highest BCUT2D eigenvalue weighted by Gasteiger charge is 2.42. The number of nitrogen functional groups attached to an aromatic ring is 1. The minimum absolute atomic E-state index is 0.0237. The summed E-state index contributed by atoms with van der Waals surface area (Å²) in [6.45, 7) is 4.15. The molecule has 3 heterocycles. The number of para-hydroxylation sites is 1. The van der Waals surface area contributed by atoms with Crippen molar-refractivity contribution in [2.75, 3.05) is 43.9 Å². The van der Waals surface area contributed by atoms with E-state index in [1.165, 1.54) is 7.11 Å². The molecule has 40 heavy (non-hydrogen) atoms. The summed E-state index contributed by atoms with van der Waals surface area (Å²) in [7, 11) is 1.37. The van der Waals surface area contributed by atoms with Gasteiger partial charge in [-0.05, 0) is 61.6 Å². The van der Waals surface area contributed by atoms with Crippen molar-refractivity contribution in [3.63, 3.8) is 0 Å². The van der Waals surface area contributed by atoms with E-state index in [1.54, 1.807) is 12.1 Å². The van der Waals surface area contributed by atoms with Crippen LogP contribution in [0, 0.1) is 12.8 Å². The van der Waals surface area contributed by atoms with Crippen LogP contribution in [0.2, 0.25) is 0 Å². The van der Waals surface area contributed by atoms with Gasteiger partial charge in [0, 0.05) is 73.6 Å². The van der Waals surface area contributed by atoms with Gasteiger partial charge in [-0.25, -0.2) is 9.18 Å². The smallest absolute Gasteiger partial charge is 0.404 e. The number of H-pyrrole nitrogens is 1. The van der Waals surface area contributed by atoms with Gasteiger partial charge >= 0.3 is 6.09 Å². The fourth-order valence-electron chi connectivity index (χ4n) is 6.34. The highest BCUT2D eigenvalue weighted by molar-refractivity contribution is 5.87. The quantitative estimate of drug-likeness (QED) is 0.308. The topological polar surface area (TPSA) is 124 Å². The average molecular weight is 552 g/mol. The van der Waals surface area contributed by atoms with Crippen molar-refractivity contribution >= 4 is 34.3 Å². The van der Waals surface area contributed by atoms with Crippen LogP contribution in [0.15, 0.2) is 42.5 Å². The number of likely N-dealkylation sites (tertiary alicyclic amines) is 1. The first kappa shape index (κ1) is 27.8. The number of fused-ring (bicyclic) bond motifs is 1. The van der Waals surface area contributed by atoms with E-state index in [-0.39, 0.29) is 18.2 Å². The summed E-state index contributed by atoms with van der Waals surface area (Å²) in [6, 6.07) is 13.0. The number of nitrogens with one attached hydrogen (secondary N) is 2. The number of nitrogens with zero attached hydrogens (tertiary/aromatic N) is 2. The fourth-order valence-corrected chi connectivity index (χ4v) is 6.34. The van der Waals surface area contributed by atoms with Gasteiger partial charge in [-0.1, -0.05) is 18.2 Å². The number of methoxy groups -OCH3 is 1. The number of benzene rings is 2. The number of alkyl halides is 1. The molecule has 0 aliphatic carbocycles. The Morgan fingerprint density at radius 3 is 2.70 bits per heavy atom. The number of aromatic amines is 1. The second-order valence-electron chi connectivity index (χ2n) is 11.0. The Morgan fingerprint density at radius 2 is 1.98 bits per heavy atom. The van der Waals surface area contributed by atoms with E-state index in [1.807, 2.05) is 34.1 Å². The van der Waals surface area contributed by atoms with Crippen LogP contribution in [-0.4, -0.2) is 72.7 Å². The molecule has 2 aliphatic heterocycles. The number of halogens is 1. The van der Waals surface area contributed by atoms with Gasteiger partial charge in [0.05, 0.1) is 12.0 Å². The van der Waals surface area contributed by atoms with Gasteiger partial charge < -0.3 is 35.7 Å². The number of aromatic nitrogens is 1. The highest BCUT2D eigenvalue weighted by atomic mass is 19.1. The van der Waals surface area contributed by atoms with Crippen molar-refractivity contribution in [3.05, 3.63) is 59.3 Å². The number of rotatable bonds is 8. The zero-order chi connectivity index (χ0) is 28.4. The Labute approximate surface area is 233 Å². The lowest BCUT2D eigenvalue weighted by atomic mass is 9.91. The van der Waals surface area contributed by atoms with Gasteiger partial charge in [-0.15, -0.1) is 0 Å². The zero-order valence-electron chi connectivity index (χ0n) is 23.0. The minimum Gasteiger partial charge on any atom is -0.465 e. The Morgan fingerprint density at radius 1 is 1.20 bits per heavy atom. The molecule has 5 N–H and O–H groups in total. The highest BCUT2D eigenvalue weighted by Crippen LogP contribution is 2.35. The number of carboxylic acid groups (broad SMARTS) is 1. The number of nitrogens with two attached hydrogens (primary N) is 1. The lowest BCUT2D eigenvalue weighted by Crippen LogP contribution is -2.49. The van der Waals surface area contributed by atoms with Crippen LogP contribution >= 0.6 is 0 Å². The van der Waals surface area contributed by atoms with Crippen LogP contribution in [0.3, 0.4) is 0 Å². The normalized spacial score (nSPS) is 22.0. The SMILES string of the molecule is COC(F)CCc1cccc2c(C)c(C3CCCN(C(=O)[C@H]4CN(c5ccc(N)cc5)C[C@H]4NC(=O)O)C3)[nH]c12. The van der Waals surface area contributed by atoms with E-state index >= 15 is 0 Å². The standard InChI is InChI=1S/C30H38FN5O4/c1-18-23-7-3-5-19(8-13-26(31)40-2)28(23)34-27(18)20-6-4-14-35(15-20)29(37)24-16-36(17-25(24)33-30(38)39)22-11-9-21(32)10-12-22/h3,5,7,9-12,20,24-26,33-34H,4,6,8,13-17,32H2,1-2H3,(H,38,39)/t20?,24-,25+,26?/m0/s1. The first-order chi connectivity index (χ1) is 19.2. The molecule has 2 aliphatic rings. The van der Waals surface area contributed by atoms with E-state index in [2.05, 4.69) is 23.3 Å². The average Bonchev–Trinajstić information content (AvgIpc) is 3.52. The minimum atomic E-state index is -1.30. The van der Waals surface area contributed by atoms with Crippen LogP contribution in [0.25, 0.3) is 10.9 Å². The van der Waals surface area contributed by atoms with Gasteiger partial charge in [0.25, 0.3) is 0 Å². The van der Waals surface area contributed by atoms with Crippen molar-refractivity contribution in [1.82, 2.24) is 15.2 Å². The summed E-state index contributed by atoms with van der Waals surface area (Å²) in [5, 5.41) is 13.2. The maximum Gasteiger partial charge on any atom is 0.404 e. The van der Waals surface area contributed by atoms with Gasteiger partial charge in [0.1, 0.15) is 0 Å². The molecular weight excluding hydrogens is 513 g/mol. The monoisotopic (exact) mass is 551 g/mol. The van der Waals surface area contributed by atoms with Crippen molar-refractivity contribution in [2.45, 2.75) is 50.9 Å². The molecule has 0 radical (unpaired) electrons. The Balaban J connectivity index is 1.34. The van der Waals surface area contributed by atoms with E-state index < -0.39 is 24.4 Å². The summed E-state index contributed by atoms with van der Waals surface area (Å²) in [4.78, 5) is 33.0. The first-order valence-electron chi connectivity index (χ1n) is 13.9. The van der Waals surface area contributed by atoms with Gasteiger partial charge in [0.2, 0.25) is 5.91 Å². The summed E-state index contributed by atoms with van der Waals surface area (Å²) in [5.74, 6) is -0.381. The summed E-state index contributed by atoms with van der Waals surface area (Å²) in [6.07, 6.45) is 0.227. The third-order valence-electron chi connectivity index (χ3n) is 8.46. The van der Waals surface area contributed by atoms with Crippen LogP contribution in [0.1, 0.15) is 42.0 Å². The zero-order valence-corrected chi connectivity index (χ0v) is 23.0. The number of ether oxygens (including phenoxy) is 1. The van der Waals surface area contributed by atoms with Crippen molar-refractivity contribution in [1.29, 1.82) is 0 Å². The second-order valence-corrected chi connectivity index (χ2v) is 11.0. The van der Waals surface area contributed by atoms with Crippen LogP contribution in [0.5, 0.6) is 0 Å². The van der Waals surface area contributed by atoms with E-state index in [9.17, 15) is 19.1 Å². The molecule has 1 aromatic heterocycles. The molecule has 9 nitrogen and oxygen atoms in total. The fraction of sp³-hybridized carbons (Fsp3) is 0.467. The van der Waals surface area contributed by atoms with E-state index in [0.29, 0.717) is 38.3 Å². The molecule has 2 fully saturated rings. The summed E-state index contributed by atoms with van der Waals surface area (Å²) in [5.41, 5.74) is 11.7. The first-order valence-corrected chi connectivity index (χ1v) is 13.9. The Kier molecular flexibility index (Phi) is 8.16. The molecule has 0 bridgehead atoms. The third-order valence-corrected chi connectivity index (χ3v) is 8.46. The number of hydrogen-bond acceptors (Lipinski definition) is 5. The third kappa shape index (κ3) is 5.72. The predicted octanol–water partition coefficient (Wildman–Crippen LogP) is 4.41. The number of hydrogen-bond donors (Lipinski definition) is 4. The Bertz CT molecular complexity index is 1360. The molecule has 4 atom stereocenters. The van der Waals surface area contributed by atoms with E-state index in [4.69, 9.17) is 10.5 Å². The van der Waals surface area contributed by atoms with Crippen LogP contribution in [-0.2, 0) is 16.0 Å². The molecule has 0 spiro atoms. The number of piperidine rings is 1. The Hall–Kier alpha value is -3.79. The maximum absolute atomic E-state index is 13.9. The van der Waals surface area contributed by atoms with Crippen LogP contribution in [0.4, 0.5) is 20.6 Å². The number of carbonyl (C=O) groups excluding carboxylic acids is 1. The summed E-state index contributed by atoms with van der Waals surface area (Å²) < 4.78 is 18.5. The molecule has 5 rings (SSSR count). The maximum atomic E-state index is 13.9. The van der Waals surface area contributed by atoms with Gasteiger partial charge in [-0.2, -0.15) is 0 Å². The molecule has 2 unspecified atom stereocenters. The number of amides is 2. The molecule has 2 aromatic carbocycles. The lowest BCUT2D eigenvalue weighted by molar-refractivity contribution is -0.136. The molecule has 3 aromatic rings. The lowest BCUT2D eigenvalue weighted by Gasteiger charge is -2.35. The molecule has 214 valence electrons. The number of aryl methyl sites for hydroxylation is 2. The van der Waals surface area contributed by atoms with Crippen molar-refractivity contribution in [2.24, 2.45) is 5.92 Å². The molecule has 10 heteroatoms. The van der Waals surface area contributed by atoms with Gasteiger partial charge in [0.15, 0.2) is 6.36 Å². The molecule has 2 amide bonds.